The molecule has 1 amide bonds. The van der Waals surface area contributed by atoms with Gasteiger partial charge in [0, 0.05) is 4.90 Å². The van der Waals surface area contributed by atoms with Gasteiger partial charge in [0.2, 0.25) is 0 Å². The van der Waals surface area contributed by atoms with Crippen LogP contribution in [0.15, 0.2) is 29.2 Å². The number of carbonyl (C=O) groups is 1. The zero-order chi connectivity index (χ0) is 12.2. The van der Waals surface area contributed by atoms with Crippen LogP contribution in [0.4, 0.5) is 0 Å². The smallest absolute Gasteiger partial charge is 0.252 e. The van der Waals surface area contributed by atoms with Gasteiger partial charge >= 0.3 is 0 Å². The third-order valence-corrected chi connectivity index (χ3v) is 2.99. The summed E-state index contributed by atoms with van der Waals surface area (Å²) in [7, 11) is 0. The Morgan fingerprint density at radius 3 is 2.62 bits per heavy atom. The fraction of sp³-hybridized carbons (Fsp3) is 0.417. The van der Waals surface area contributed by atoms with E-state index in [-0.39, 0.29) is 12.5 Å². The predicted octanol–water partition coefficient (Wildman–Crippen LogP) is 1.91. The third kappa shape index (κ3) is 3.25. The maximum absolute atomic E-state index is 12.0. The molecule has 0 aromatic heterocycles. The van der Waals surface area contributed by atoms with E-state index in [0.717, 1.165) is 4.90 Å². The monoisotopic (exact) mass is 239 g/mol. The molecule has 0 spiro atoms. The van der Waals surface area contributed by atoms with E-state index < -0.39 is 5.54 Å². The van der Waals surface area contributed by atoms with Gasteiger partial charge in [-0.3, -0.25) is 4.79 Å². The van der Waals surface area contributed by atoms with Crippen LogP contribution in [0.1, 0.15) is 24.2 Å². The molecule has 1 aromatic carbocycles. The highest BCUT2D eigenvalue weighted by atomic mass is 32.2. The number of aliphatic hydroxyl groups is 1. The second-order valence-corrected chi connectivity index (χ2v) is 5.04. The van der Waals surface area contributed by atoms with Crippen LogP contribution in [-0.4, -0.2) is 29.4 Å². The van der Waals surface area contributed by atoms with Gasteiger partial charge in [0.15, 0.2) is 0 Å². The number of benzene rings is 1. The first kappa shape index (κ1) is 13.1. The molecule has 0 aliphatic rings. The molecule has 3 nitrogen and oxygen atoms in total. The molecule has 1 aromatic rings. The summed E-state index contributed by atoms with van der Waals surface area (Å²) in [5.41, 5.74) is 0.0549. The minimum absolute atomic E-state index is 0.0832. The molecule has 0 heterocycles. The highest BCUT2D eigenvalue weighted by Crippen LogP contribution is 2.20. The summed E-state index contributed by atoms with van der Waals surface area (Å²) in [4.78, 5) is 12.9. The number of nitrogens with one attached hydrogen (secondary N) is 1. The predicted molar refractivity (Wildman–Crippen MR) is 66.9 cm³/mol. The van der Waals surface area contributed by atoms with Crippen molar-refractivity contribution in [1.82, 2.24) is 5.32 Å². The summed E-state index contributed by atoms with van der Waals surface area (Å²) in [6.07, 6.45) is 1.93. The lowest BCUT2D eigenvalue weighted by Gasteiger charge is -2.23. The number of hydrogen-bond donors (Lipinski definition) is 2. The number of aliphatic hydroxyl groups excluding tert-OH is 1. The number of carbonyl (C=O) groups excluding carboxylic acids is 1. The molecule has 1 rings (SSSR count). The Hall–Kier alpha value is -1.00. The van der Waals surface area contributed by atoms with Gasteiger partial charge in [0.1, 0.15) is 0 Å². The van der Waals surface area contributed by atoms with Crippen molar-refractivity contribution in [3.05, 3.63) is 29.8 Å². The molecule has 0 aliphatic carbocycles. The van der Waals surface area contributed by atoms with Crippen molar-refractivity contribution in [2.45, 2.75) is 24.3 Å². The molecule has 0 bridgehead atoms. The Kier molecular flexibility index (Phi) is 4.38. The molecule has 16 heavy (non-hydrogen) atoms. The fourth-order valence-electron chi connectivity index (χ4n) is 1.25. The first-order valence-electron chi connectivity index (χ1n) is 5.06. The molecule has 0 aliphatic heterocycles. The Balaban J connectivity index is 2.88. The molecule has 2 N–H and O–H groups in total. The van der Waals surface area contributed by atoms with Crippen LogP contribution >= 0.6 is 11.8 Å². The highest BCUT2D eigenvalue weighted by molar-refractivity contribution is 7.98. The van der Waals surface area contributed by atoms with Gasteiger partial charge in [-0.2, -0.15) is 0 Å². The van der Waals surface area contributed by atoms with Gasteiger partial charge in [-0.1, -0.05) is 12.1 Å². The second-order valence-electron chi connectivity index (χ2n) is 4.20. The Morgan fingerprint density at radius 2 is 2.06 bits per heavy atom. The minimum atomic E-state index is -0.595. The maximum Gasteiger partial charge on any atom is 0.252 e. The lowest BCUT2D eigenvalue weighted by Crippen LogP contribution is -2.46. The van der Waals surface area contributed by atoms with Crippen LogP contribution < -0.4 is 5.32 Å². The average Bonchev–Trinajstić information content (AvgIpc) is 2.28. The van der Waals surface area contributed by atoms with Crippen molar-refractivity contribution in [2.24, 2.45) is 0 Å². The summed E-state index contributed by atoms with van der Waals surface area (Å²) in [5, 5.41) is 11.9. The standard InChI is InChI=1S/C12H17NO2S/c1-12(2,8-14)13-11(15)9-6-4-5-7-10(9)16-3/h4-7,14H,8H2,1-3H3,(H,13,15). The van der Waals surface area contributed by atoms with E-state index in [9.17, 15) is 4.79 Å². The van der Waals surface area contributed by atoms with E-state index in [1.807, 2.05) is 24.5 Å². The summed E-state index contributed by atoms with van der Waals surface area (Å²) in [6, 6.07) is 7.43. The maximum atomic E-state index is 12.0. The molecular weight excluding hydrogens is 222 g/mol. The zero-order valence-corrected chi connectivity index (χ0v) is 10.6. The van der Waals surface area contributed by atoms with Crippen LogP contribution in [0, 0.1) is 0 Å². The van der Waals surface area contributed by atoms with Crippen LogP contribution in [0.3, 0.4) is 0 Å². The molecule has 0 saturated carbocycles. The quantitative estimate of drug-likeness (QED) is 0.789. The fourth-order valence-corrected chi connectivity index (χ4v) is 1.84. The normalized spacial score (nSPS) is 11.2. The van der Waals surface area contributed by atoms with Crippen LogP contribution in [0.25, 0.3) is 0 Å². The van der Waals surface area contributed by atoms with Crippen LogP contribution in [0.2, 0.25) is 0 Å². The van der Waals surface area contributed by atoms with E-state index in [4.69, 9.17) is 5.11 Å². The third-order valence-electron chi connectivity index (χ3n) is 2.20. The van der Waals surface area contributed by atoms with Gasteiger partial charge in [-0.15, -0.1) is 11.8 Å². The molecule has 0 atom stereocenters. The lowest BCUT2D eigenvalue weighted by atomic mass is 10.1. The van der Waals surface area contributed by atoms with Crippen molar-refractivity contribution in [3.8, 4) is 0 Å². The summed E-state index contributed by atoms with van der Waals surface area (Å²) < 4.78 is 0. The van der Waals surface area contributed by atoms with Crippen molar-refractivity contribution in [2.75, 3.05) is 12.9 Å². The minimum Gasteiger partial charge on any atom is -0.394 e. The van der Waals surface area contributed by atoms with E-state index >= 15 is 0 Å². The van der Waals surface area contributed by atoms with Crippen molar-refractivity contribution in [3.63, 3.8) is 0 Å². The zero-order valence-electron chi connectivity index (χ0n) is 9.78. The van der Waals surface area contributed by atoms with E-state index in [2.05, 4.69) is 5.32 Å². The van der Waals surface area contributed by atoms with Gasteiger partial charge in [-0.25, -0.2) is 0 Å². The Morgan fingerprint density at radius 1 is 1.44 bits per heavy atom. The van der Waals surface area contributed by atoms with Crippen molar-refractivity contribution >= 4 is 17.7 Å². The summed E-state index contributed by atoms with van der Waals surface area (Å²) in [5.74, 6) is -0.149. The van der Waals surface area contributed by atoms with E-state index in [1.165, 1.54) is 11.8 Å². The SMILES string of the molecule is CSc1ccccc1C(=O)NC(C)(C)CO. The molecule has 0 fully saturated rings. The number of thioether (sulfide) groups is 1. The molecule has 0 unspecified atom stereocenters. The molecule has 88 valence electrons. The van der Waals surface area contributed by atoms with Crippen molar-refractivity contribution in [1.29, 1.82) is 0 Å². The highest BCUT2D eigenvalue weighted by Gasteiger charge is 2.21. The molecule has 0 saturated heterocycles. The van der Waals surface area contributed by atoms with Gasteiger partial charge in [0.25, 0.3) is 5.91 Å². The van der Waals surface area contributed by atoms with Gasteiger partial charge in [-0.05, 0) is 32.2 Å². The molecule has 4 heteroatoms. The van der Waals surface area contributed by atoms with Crippen LogP contribution in [-0.2, 0) is 0 Å². The Bertz CT molecular complexity index is 377. The van der Waals surface area contributed by atoms with Crippen molar-refractivity contribution < 1.29 is 9.90 Å². The van der Waals surface area contributed by atoms with E-state index in [1.54, 1.807) is 19.9 Å². The number of amides is 1. The summed E-state index contributed by atoms with van der Waals surface area (Å²) >= 11 is 1.53. The summed E-state index contributed by atoms with van der Waals surface area (Å²) in [6.45, 7) is 3.49. The lowest BCUT2D eigenvalue weighted by molar-refractivity contribution is 0.0866. The first-order valence-corrected chi connectivity index (χ1v) is 6.29. The van der Waals surface area contributed by atoms with Crippen LogP contribution in [0.5, 0.6) is 0 Å². The average molecular weight is 239 g/mol. The molecular formula is C12H17NO2S. The topological polar surface area (TPSA) is 49.3 Å². The van der Waals surface area contributed by atoms with E-state index in [0.29, 0.717) is 5.56 Å². The number of rotatable bonds is 4. The molecule has 0 radical (unpaired) electrons. The largest absolute Gasteiger partial charge is 0.394 e. The first-order chi connectivity index (χ1) is 7.50. The number of hydrogen-bond acceptors (Lipinski definition) is 3. The Labute approximate surface area is 100 Å². The van der Waals surface area contributed by atoms with Gasteiger partial charge in [0.05, 0.1) is 17.7 Å². The second kappa shape index (κ2) is 5.37. The van der Waals surface area contributed by atoms with Gasteiger partial charge < -0.3 is 10.4 Å².